The first-order valence-electron chi connectivity index (χ1n) is 3.74. The Labute approximate surface area is 98.4 Å². The van der Waals surface area contributed by atoms with Gasteiger partial charge in [0.05, 0.1) is 8.68 Å². The smallest absolute Gasteiger partial charge is 0.221 e. The summed E-state index contributed by atoms with van der Waals surface area (Å²) in [5, 5.41) is 3.39. The van der Waals surface area contributed by atoms with Gasteiger partial charge in [0.2, 0.25) is 5.91 Å². The number of anilines is 1. The molecule has 0 atom stereocenters. The topological polar surface area (TPSA) is 46.2 Å². The molecule has 0 unspecified atom stereocenters. The van der Waals surface area contributed by atoms with Gasteiger partial charge in [-0.3, -0.25) is 9.59 Å². The zero-order chi connectivity index (χ0) is 10.7. The summed E-state index contributed by atoms with van der Waals surface area (Å²) in [7, 11) is 0. The van der Waals surface area contributed by atoms with Crippen molar-refractivity contribution in [2.45, 2.75) is 18.7 Å². The van der Waals surface area contributed by atoms with Crippen LogP contribution in [0.5, 0.6) is 0 Å². The van der Waals surface area contributed by atoms with Gasteiger partial charge in [0, 0.05) is 13.8 Å². The second kappa shape index (κ2) is 4.95. The fourth-order valence-electron chi connectivity index (χ4n) is 0.824. The number of thiophene rings is 1. The summed E-state index contributed by atoms with van der Waals surface area (Å²) in [5.41, 5.74) is 0. The summed E-state index contributed by atoms with van der Waals surface area (Å²) in [6.45, 7) is 2.93. The van der Waals surface area contributed by atoms with Gasteiger partial charge in [0.15, 0.2) is 5.12 Å². The molecular formula is C8H8BrNO2S2. The number of hydrogen-bond acceptors (Lipinski definition) is 4. The molecule has 0 aliphatic carbocycles. The minimum Gasteiger partial charge on any atom is -0.317 e. The number of amides is 1. The van der Waals surface area contributed by atoms with E-state index >= 15 is 0 Å². The third kappa shape index (κ3) is 3.43. The van der Waals surface area contributed by atoms with Crippen LogP contribution in [-0.4, -0.2) is 11.0 Å². The molecular weight excluding hydrogens is 286 g/mol. The van der Waals surface area contributed by atoms with Gasteiger partial charge in [-0.05, 0) is 33.8 Å². The van der Waals surface area contributed by atoms with Gasteiger partial charge in [-0.15, -0.1) is 11.3 Å². The predicted octanol–water partition coefficient (Wildman–Crippen LogP) is 3.11. The number of hydrogen-bond donors (Lipinski definition) is 1. The zero-order valence-electron chi connectivity index (χ0n) is 7.59. The SMILES string of the molecule is CC(=O)Nc1sc(Br)cc1SC(C)=O. The van der Waals surface area contributed by atoms with Crippen molar-refractivity contribution in [3.05, 3.63) is 9.85 Å². The van der Waals surface area contributed by atoms with Gasteiger partial charge in [-0.1, -0.05) is 0 Å². The number of carbonyl (C=O) groups excluding carboxylic acids is 2. The van der Waals surface area contributed by atoms with Crippen LogP contribution in [0.3, 0.4) is 0 Å². The van der Waals surface area contributed by atoms with E-state index in [0.29, 0.717) is 5.00 Å². The number of nitrogens with one attached hydrogen (secondary N) is 1. The Morgan fingerprint density at radius 1 is 1.50 bits per heavy atom. The highest BCUT2D eigenvalue weighted by Gasteiger charge is 2.11. The quantitative estimate of drug-likeness (QED) is 0.852. The molecule has 1 heterocycles. The standard InChI is InChI=1S/C8H8BrNO2S2/c1-4(11)10-8-6(13-5(2)12)3-7(9)14-8/h3H,1-2H3,(H,10,11). The molecule has 0 saturated heterocycles. The molecule has 0 fully saturated rings. The van der Waals surface area contributed by atoms with Crippen LogP contribution in [0, 0.1) is 0 Å². The molecule has 0 spiro atoms. The molecule has 76 valence electrons. The normalized spacial score (nSPS) is 9.93. The van der Waals surface area contributed by atoms with Crippen LogP contribution >= 0.6 is 39.0 Å². The van der Waals surface area contributed by atoms with E-state index in [1.807, 2.05) is 6.07 Å². The number of thioether (sulfide) groups is 1. The van der Waals surface area contributed by atoms with Crippen molar-refractivity contribution >= 4 is 55.1 Å². The summed E-state index contributed by atoms with van der Waals surface area (Å²) in [6.07, 6.45) is 0. The van der Waals surface area contributed by atoms with E-state index in [1.165, 1.54) is 25.2 Å². The summed E-state index contributed by atoms with van der Waals surface area (Å²) >= 11 is 5.82. The van der Waals surface area contributed by atoms with E-state index in [1.54, 1.807) is 0 Å². The molecule has 0 radical (unpaired) electrons. The molecule has 1 aromatic heterocycles. The highest BCUT2D eigenvalue weighted by Crippen LogP contribution is 2.38. The Bertz CT molecular complexity index is 342. The Morgan fingerprint density at radius 3 is 2.64 bits per heavy atom. The monoisotopic (exact) mass is 293 g/mol. The summed E-state index contributed by atoms with van der Waals surface area (Å²) in [6, 6.07) is 1.82. The van der Waals surface area contributed by atoms with Crippen LogP contribution < -0.4 is 5.32 Å². The molecule has 0 aliphatic rings. The average molecular weight is 294 g/mol. The second-order valence-electron chi connectivity index (χ2n) is 2.52. The van der Waals surface area contributed by atoms with Crippen LogP contribution in [0.1, 0.15) is 13.8 Å². The molecule has 0 aromatic carbocycles. The maximum Gasteiger partial charge on any atom is 0.221 e. The maximum atomic E-state index is 10.9. The molecule has 0 saturated carbocycles. The summed E-state index contributed by atoms with van der Waals surface area (Å²) < 4.78 is 0.894. The molecule has 3 nitrogen and oxygen atoms in total. The highest BCUT2D eigenvalue weighted by atomic mass is 79.9. The van der Waals surface area contributed by atoms with E-state index in [0.717, 1.165) is 20.4 Å². The minimum atomic E-state index is -0.134. The van der Waals surface area contributed by atoms with E-state index in [2.05, 4.69) is 21.2 Å². The van der Waals surface area contributed by atoms with Crippen molar-refractivity contribution in [3.8, 4) is 0 Å². The van der Waals surface area contributed by atoms with Crippen molar-refractivity contribution in [1.29, 1.82) is 0 Å². The zero-order valence-corrected chi connectivity index (χ0v) is 10.8. The maximum absolute atomic E-state index is 10.9. The fourth-order valence-corrected chi connectivity index (χ4v) is 3.37. The number of rotatable bonds is 2. The second-order valence-corrected chi connectivity index (χ2v) is 6.17. The first kappa shape index (κ1) is 11.7. The molecule has 0 aliphatic heterocycles. The van der Waals surface area contributed by atoms with Crippen molar-refractivity contribution in [2.75, 3.05) is 5.32 Å². The lowest BCUT2D eigenvalue weighted by molar-refractivity contribution is -0.114. The van der Waals surface area contributed by atoms with Crippen molar-refractivity contribution in [3.63, 3.8) is 0 Å². The Kier molecular flexibility index (Phi) is 4.15. The van der Waals surface area contributed by atoms with E-state index < -0.39 is 0 Å². The third-order valence-electron chi connectivity index (χ3n) is 1.21. The average Bonchev–Trinajstić information content (AvgIpc) is 2.28. The minimum absolute atomic E-state index is 0.00176. The van der Waals surface area contributed by atoms with Crippen LogP contribution in [0.25, 0.3) is 0 Å². The van der Waals surface area contributed by atoms with Gasteiger partial charge in [0.25, 0.3) is 0 Å². The Hall–Kier alpha value is -0.330. The Balaban J connectivity index is 2.90. The van der Waals surface area contributed by atoms with Crippen molar-refractivity contribution < 1.29 is 9.59 Å². The molecule has 6 heteroatoms. The van der Waals surface area contributed by atoms with Crippen LogP contribution in [-0.2, 0) is 9.59 Å². The lowest BCUT2D eigenvalue weighted by atomic mass is 10.6. The first-order chi connectivity index (χ1) is 6.49. The van der Waals surface area contributed by atoms with Crippen molar-refractivity contribution in [1.82, 2.24) is 0 Å². The highest BCUT2D eigenvalue weighted by molar-refractivity contribution is 9.11. The van der Waals surface area contributed by atoms with Crippen molar-refractivity contribution in [2.24, 2.45) is 0 Å². The fraction of sp³-hybridized carbons (Fsp3) is 0.250. The summed E-state index contributed by atoms with van der Waals surface area (Å²) in [5.74, 6) is -0.134. The molecule has 1 aromatic rings. The molecule has 14 heavy (non-hydrogen) atoms. The predicted molar refractivity (Wildman–Crippen MR) is 62.9 cm³/mol. The van der Waals surface area contributed by atoms with Crippen LogP contribution in [0.2, 0.25) is 0 Å². The molecule has 1 N–H and O–H groups in total. The third-order valence-corrected chi connectivity index (χ3v) is 3.72. The van der Waals surface area contributed by atoms with E-state index in [9.17, 15) is 9.59 Å². The molecule has 1 rings (SSSR count). The van der Waals surface area contributed by atoms with Gasteiger partial charge >= 0.3 is 0 Å². The summed E-state index contributed by atoms with van der Waals surface area (Å²) in [4.78, 5) is 22.5. The molecule has 1 amide bonds. The van der Waals surface area contributed by atoms with Gasteiger partial charge in [-0.2, -0.15) is 0 Å². The first-order valence-corrected chi connectivity index (χ1v) is 6.17. The largest absolute Gasteiger partial charge is 0.317 e. The van der Waals surface area contributed by atoms with E-state index in [4.69, 9.17) is 0 Å². The van der Waals surface area contributed by atoms with E-state index in [-0.39, 0.29) is 11.0 Å². The van der Waals surface area contributed by atoms with Gasteiger partial charge in [-0.25, -0.2) is 0 Å². The lowest BCUT2D eigenvalue weighted by Gasteiger charge is -2.00. The Morgan fingerprint density at radius 2 is 2.14 bits per heavy atom. The van der Waals surface area contributed by atoms with Crippen LogP contribution in [0.4, 0.5) is 5.00 Å². The number of carbonyl (C=O) groups is 2. The molecule has 0 bridgehead atoms. The lowest BCUT2D eigenvalue weighted by Crippen LogP contribution is -2.04. The van der Waals surface area contributed by atoms with Gasteiger partial charge in [0.1, 0.15) is 5.00 Å². The number of halogens is 1. The van der Waals surface area contributed by atoms with Crippen LogP contribution in [0.15, 0.2) is 14.7 Å². The van der Waals surface area contributed by atoms with Gasteiger partial charge < -0.3 is 5.32 Å².